The molecule has 3 N–H and O–H groups in total. The van der Waals surface area contributed by atoms with Crippen LogP contribution >= 0.6 is 11.8 Å². The Kier molecular flexibility index (Phi) is 7.77. The number of rotatable bonds is 7. The third kappa shape index (κ3) is 4.67. The first-order valence-electron chi connectivity index (χ1n) is 11.4. The van der Waals surface area contributed by atoms with E-state index in [9.17, 15) is 15.3 Å². The van der Waals surface area contributed by atoms with Crippen molar-refractivity contribution in [3.8, 4) is 0 Å². The lowest BCUT2D eigenvalue weighted by atomic mass is 9.76. The highest BCUT2D eigenvalue weighted by Crippen LogP contribution is 2.49. The molecule has 4 rings (SSSR count). The van der Waals surface area contributed by atoms with Crippen molar-refractivity contribution in [2.75, 3.05) is 20.0 Å². The highest BCUT2D eigenvalue weighted by atomic mass is 32.2. The van der Waals surface area contributed by atoms with Gasteiger partial charge in [0.15, 0.2) is 0 Å². The highest BCUT2D eigenvalue weighted by Gasteiger charge is 2.56. The van der Waals surface area contributed by atoms with Gasteiger partial charge in [-0.1, -0.05) is 54.6 Å². The van der Waals surface area contributed by atoms with Crippen LogP contribution in [0.3, 0.4) is 0 Å². The van der Waals surface area contributed by atoms with Gasteiger partial charge in [-0.25, -0.2) is 0 Å². The van der Waals surface area contributed by atoms with E-state index in [2.05, 4.69) is 43.5 Å². The zero-order chi connectivity index (χ0) is 24.3. The Morgan fingerprint density at radius 2 is 1.68 bits per heavy atom. The molecule has 34 heavy (non-hydrogen) atoms. The molecular formula is C28H32O5S. The summed E-state index contributed by atoms with van der Waals surface area (Å²) in [6.45, 7) is 1.63. The molecule has 0 radical (unpaired) electrons. The topological polar surface area (TPSA) is 79.2 Å². The lowest BCUT2D eigenvalue weighted by molar-refractivity contribution is -0.335. The Balaban J connectivity index is 1.80. The monoisotopic (exact) mass is 480 g/mol. The fraction of sp³-hybridized carbons (Fsp3) is 0.357. The van der Waals surface area contributed by atoms with Crippen molar-refractivity contribution in [3.63, 3.8) is 0 Å². The van der Waals surface area contributed by atoms with E-state index in [1.165, 1.54) is 17.6 Å². The molecular weight excluding hydrogens is 448 g/mol. The van der Waals surface area contributed by atoms with E-state index < -0.39 is 36.6 Å². The van der Waals surface area contributed by atoms with Crippen molar-refractivity contribution in [2.45, 2.75) is 48.3 Å². The number of hydrogen-bond acceptors (Lipinski definition) is 6. The molecule has 0 bridgehead atoms. The summed E-state index contributed by atoms with van der Waals surface area (Å²) in [5, 5.41) is 31.8. The second kappa shape index (κ2) is 10.6. The Morgan fingerprint density at radius 3 is 2.29 bits per heavy atom. The van der Waals surface area contributed by atoms with Gasteiger partial charge >= 0.3 is 0 Å². The van der Waals surface area contributed by atoms with Gasteiger partial charge in [0.05, 0.1) is 18.6 Å². The van der Waals surface area contributed by atoms with Crippen LogP contribution in [0.5, 0.6) is 0 Å². The smallest absolute Gasteiger partial charge is 0.204 e. The van der Waals surface area contributed by atoms with Crippen molar-refractivity contribution >= 4 is 11.8 Å². The fourth-order valence-corrected chi connectivity index (χ4v) is 5.22. The highest BCUT2D eigenvalue weighted by molar-refractivity contribution is 7.98. The van der Waals surface area contributed by atoms with Crippen LogP contribution in [0.1, 0.15) is 33.7 Å². The normalized spacial score (nSPS) is 27.0. The molecule has 1 saturated heterocycles. The van der Waals surface area contributed by atoms with Crippen LogP contribution in [0, 0.1) is 6.92 Å². The van der Waals surface area contributed by atoms with Crippen LogP contribution in [0.25, 0.3) is 0 Å². The molecule has 3 aromatic carbocycles. The minimum atomic E-state index is -1.39. The summed E-state index contributed by atoms with van der Waals surface area (Å²) in [7, 11) is 1.54. The van der Waals surface area contributed by atoms with Gasteiger partial charge in [0.1, 0.15) is 12.2 Å². The molecule has 180 valence electrons. The molecule has 0 saturated carbocycles. The van der Waals surface area contributed by atoms with Crippen molar-refractivity contribution in [2.24, 2.45) is 0 Å². The van der Waals surface area contributed by atoms with Gasteiger partial charge < -0.3 is 24.8 Å². The molecule has 1 aliphatic rings. The number of aliphatic hydroxyl groups is 3. The summed E-state index contributed by atoms with van der Waals surface area (Å²) in [5.74, 6) is -2.09. The predicted octanol–water partition coefficient (Wildman–Crippen LogP) is 4.00. The van der Waals surface area contributed by atoms with Crippen LogP contribution in [-0.2, 0) is 21.7 Å². The van der Waals surface area contributed by atoms with Gasteiger partial charge in [-0.2, -0.15) is 0 Å². The number of hydrogen-bond donors (Lipinski definition) is 3. The number of aryl methyl sites for hydroxylation is 1. The lowest BCUT2D eigenvalue weighted by Crippen LogP contribution is -2.60. The molecule has 1 aliphatic heterocycles. The van der Waals surface area contributed by atoms with Gasteiger partial charge in [0.2, 0.25) is 5.79 Å². The summed E-state index contributed by atoms with van der Waals surface area (Å²) >= 11 is 1.71. The molecule has 0 unspecified atom stereocenters. The van der Waals surface area contributed by atoms with Crippen molar-refractivity contribution < 1.29 is 24.8 Å². The SMILES string of the molecule is CO[C@@]1(c2ccc(C)c(Cc3ccc(SC)cc3)c2)O[C@H](CO)[C@@H](O)[C@H](O)[C@H]1c1ccccc1. The maximum atomic E-state index is 11.2. The van der Waals surface area contributed by atoms with Gasteiger partial charge in [-0.15, -0.1) is 11.8 Å². The number of ether oxygens (including phenoxy) is 2. The molecule has 3 aromatic rings. The maximum absolute atomic E-state index is 11.2. The molecule has 1 fully saturated rings. The maximum Gasteiger partial charge on any atom is 0.204 e. The van der Waals surface area contributed by atoms with Crippen LogP contribution in [0.4, 0.5) is 0 Å². The Labute approximate surface area is 205 Å². The van der Waals surface area contributed by atoms with E-state index in [-0.39, 0.29) is 0 Å². The third-order valence-electron chi connectivity index (χ3n) is 6.76. The van der Waals surface area contributed by atoms with Crippen LogP contribution < -0.4 is 0 Å². The molecule has 5 nitrogen and oxygen atoms in total. The van der Waals surface area contributed by atoms with Gasteiger partial charge in [-0.3, -0.25) is 0 Å². The lowest BCUT2D eigenvalue weighted by Gasteiger charge is -2.50. The molecule has 6 heteroatoms. The summed E-state index contributed by atoms with van der Waals surface area (Å²) in [6, 6.07) is 24.0. The molecule has 5 atom stereocenters. The predicted molar refractivity (Wildman–Crippen MR) is 134 cm³/mol. The first-order valence-corrected chi connectivity index (χ1v) is 12.6. The second-order valence-electron chi connectivity index (χ2n) is 8.75. The first kappa shape index (κ1) is 24.9. The number of methoxy groups -OCH3 is 1. The van der Waals surface area contributed by atoms with Crippen molar-refractivity contribution in [3.05, 3.63) is 101 Å². The van der Waals surface area contributed by atoms with E-state index in [1.54, 1.807) is 11.8 Å². The average molecular weight is 481 g/mol. The zero-order valence-electron chi connectivity index (χ0n) is 19.7. The molecule has 0 aliphatic carbocycles. The second-order valence-corrected chi connectivity index (χ2v) is 9.63. The van der Waals surface area contributed by atoms with E-state index in [4.69, 9.17) is 9.47 Å². The van der Waals surface area contributed by atoms with Crippen molar-refractivity contribution in [1.82, 2.24) is 0 Å². The number of aliphatic hydroxyl groups excluding tert-OH is 3. The van der Waals surface area contributed by atoms with Crippen LogP contribution in [0.2, 0.25) is 0 Å². The average Bonchev–Trinajstić information content (AvgIpc) is 2.88. The summed E-state index contributed by atoms with van der Waals surface area (Å²) < 4.78 is 12.3. The fourth-order valence-electron chi connectivity index (χ4n) is 4.81. The zero-order valence-corrected chi connectivity index (χ0v) is 20.5. The van der Waals surface area contributed by atoms with Crippen molar-refractivity contribution in [1.29, 1.82) is 0 Å². The Bertz CT molecular complexity index is 1090. The Morgan fingerprint density at radius 1 is 0.971 bits per heavy atom. The summed E-state index contributed by atoms with van der Waals surface area (Å²) in [5.41, 5.74) is 4.95. The minimum Gasteiger partial charge on any atom is -0.394 e. The van der Waals surface area contributed by atoms with Crippen LogP contribution in [0.15, 0.2) is 77.7 Å². The molecule has 0 amide bonds. The molecule has 0 spiro atoms. The third-order valence-corrected chi connectivity index (χ3v) is 7.50. The van der Waals surface area contributed by atoms with Gasteiger partial charge in [0.25, 0.3) is 0 Å². The Hall–Kier alpha value is -2.19. The van der Waals surface area contributed by atoms with Gasteiger partial charge in [0, 0.05) is 17.6 Å². The number of benzene rings is 3. The molecule has 1 heterocycles. The quantitative estimate of drug-likeness (QED) is 0.444. The number of thioether (sulfide) groups is 1. The van der Waals surface area contributed by atoms with E-state index >= 15 is 0 Å². The molecule has 0 aromatic heterocycles. The minimum absolute atomic E-state index is 0.439. The standard InChI is InChI=1S/C28H32O5S/c1-18-9-12-22(16-21(18)15-19-10-13-23(34-3)14-11-19)28(32-2)25(20-7-5-4-6-8-20)27(31)26(30)24(17-29)33-28/h4-14,16,24-27,29-31H,15,17H2,1-3H3/t24-,25-,26-,27-,28+/m1/s1. The summed E-state index contributed by atoms with van der Waals surface area (Å²) in [6.07, 6.45) is -0.640. The van der Waals surface area contributed by atoms with E-state index in [1.807, 2.05) is 42.5 Å². The van der Waals surface area contributed by atoms with E-state index in [0.717, 1.165) is 28.7 Å². The largest absolute Gasteiger partial charge is 0.394 e. The van der Waals surface area contributed by atoms with Crippen LogP contribution in [-0.4, -0.2) is 53.6 Å². The van der Waals surface area contributed by atoms with Gasteiger partial charge in [-0.05, 0) is 60.1 Å². The first-order chi connectivity index (χ1) is 16.4. The van der Waals surface area contributed by atoms with E-state index in [0.29, 0.717) is 0 Å². The summed E-state index contributed by atoms with van der Waals surface area (Å²) in [4.78, 5) is 1.22.